The van der Waals surface area contributed by atoms with Crippen LogP contribution < -0.4 is 18.9 Å². The van der Waals surface area contributed by atoms with Gasteiger partial charge in [0, 0.05) is 47.9 Å². The summed E-state index contributed by atoms with van der Waals surface area (Å²) in [5.74, 6) is 3.39. The molecule has 0 aliphatic heterocycles. The van der Waals surface area contributed by atoms with Crippen molar-refractivity contribution in [1.82, 2.24) is 0 Å². The highest BCUT2D eigenvalue weighted by Crippen LogP contribution is 2.43. The van der Waals surface area contributed by atoms with Crippen LogP contribution in [0.5, 0.6) is 34.5 Å². The molecule has 0 heterocycles. The monoisotopic (exact) mass is 832 g/mol. The van der Waals surface area contributed by atoms with Crippen LogP contribution >= 0.6 is 0 Å². The maximum Gasteiger partial charge on any atom is 0.126 e. The summed E-state index contributed by atoms with van der Waals surface area (Å²) in [5.41, 5.74) is 10.9. The Morgan fingerprint density at radius 2 is 0.726 bits per heavy atom. The second-order valence-corrected chi connectivity index (χ2v) is 18.9. The molecule has 6 aromatic rings. The number of aromatic hydroxyl groups is 2. The number of fused-ring (bicyclic) bond motifs is 8. The normalized spacial score (nSPS) is 12.8. The van der Waals surface area contributed by atoms with Crippen LogP contribution in [-0.2, 0) is 49.7 Å². The zero-order valence-electron chi connectivity index (χ0n) is 38.0. The molecule has 0 saturated heterocycles. The number of phenolic OH excluding ortho intramolecular Hbond substituents is 2. The van der Waals surface area contributed by atoms with Gasteiger partial charge in [-0.2, -0.15) is 0 Å². The Balaban J connectivity index is 1.49. The van der Waals surface area contributed by atoms with Crippen molar-refractivity contribution in [2.45, 2.75) is 118 Å². The van der Waals surface area contributed by atoms with Crippen LogP contribution in [0.2, 0.25) is 0 Å². The number of phenols is 2. The number of hydrogen-bond donors (Lipinski definition) is 2. The van der Waals surface area contributed by atoms with Gasteiger partial charge in [0.2, 0.25) is 0 Å². The van der Waals surface area contributed by atoms with Gasteiger partial charge in [0.25, 0.3) is 0 Å². The van der Waals surface area contributed by atoms with Gasteiger partial charge in [-0.15, -0.1) is 0 Å². The minimum absolute atomic E-state index is 0.197. The maximum atomic E-state index is 12.4. The van der Waals surface area contributed by atoms with Crippen LogP contribution in [0.1, 0.15) is 135 Å². The van der Waals surface area contributed by atoms with Gasteiger partial charge in [0.15, 0.2) is 0 Å². The topological polar surface area (TPSA) is 77.4 Å². The summed E-state index contributed by atoms with van der Waals surface area (Å²) >= 11 is 0. The molecule has 8 bridgehead atoms. The quantitative estimate of drug-likeness (QED) is 0.128. The third-order valence-electron chi connectivity index (χ3n) is 11.6. The molecule has 0 aromatic heterocycles. The van der Waals surface area contributed by atoms with E-state index in [2.05, 4.69) is 104 Å². The molecular weight excluding hydrogens is 769 g/mol. The van der Waals surface area contributed by atoms with Gasteiger partial charge in [-0.25, -0.2) is 0 Å². The van der Waals surface area contributed by atoms with Crippen molar-refractivity contribution >= 4 is 0 Å². The van der Waals surface area contributed by atoms with Crippen LogP contribution in [0.25, 0.3) is 0 Å². The first-order valence-corrected chi connectivity index (χ1v) is 22.3. The molecule has 7 rings (SSSR count). The zero-order valence-corrected chi connectivity index (χ0v) is 38.0. The first-order valence-electron chi connectivity index (χ1n) is 22.3. The fourth-order valence-corrected chi connectivity index (χ4v) is 8.14. The number of ether oxygens (including phenoxy) is 4. The van der Waals surface area contributed by atoms with Crippen molar-refractivity contribution in [3.8, 4) is 34.5 Å². The third kappa shape index (κ3) is 10.6. The Kier molecular flexibility index (Phi) is 13.6. The van der Waals surface area contributed by atoms with E-state index >= 15 is 0 Å². The van der Waals surface area contributed by atoms with Gasteiger partial charge in [-0.3, -0.25) is 0 Å². The van der Waals surface area contributed by atoms with Gasteiger partial charge in [-0.05, 0) is 92.4 Å². The number of rotatable bonds is 12. The molecule has 6 aromatic carbocycles. The van der Waals surface area contributed by atoms with Crippen LogP contribution in [0.3, 0.4) is 0 Å². The lowest BCUT2D eigenvalue weighted by Gasteiger charge is -2.26. The van der Waals surface area contributed by atoms with Crippen molar-refractivity contribution in [2.75, 3.05) is 13.2 Å². The lowest BCUT2D eigenvalue weighted by atomic mass is 9.81. The van der Waals surface area contributed by atoms with Gasteiger partial charge in [0.05, 0.1) is 13.2 Å². The van der Waals surface area contributed by atoms with E-state index in [4.69, 9.17) is 18.9 Å². The molecule has 1 aliphatic rings. The van der Waals surface area contributed by atoms with E-state index in [9.17, 15) is 10.2 Å². The molecule has 324 valence electrons. The Hall–Kier alpha value is -5.88. The first-order chi connectivity index (χ1) is 29.7. The highest BCUT2D eigenvalue weighted by atomic mass is 16.5. The summed E-state index contributed by atoms with van der Waals surface area (Å²) in [6.45, 7) is 19.3. The van der Waals surface area contributed by atoms with Gasteiger partial charge in [0.1, 0.15) is 47.7 Å². The van der Waals surface area contributed by atoms with E-state index in [-0.39, 0.29) is 22.3 Å². The first kappa shape index (κ1) is 44.2. The average molecular weight is 833 g/mol. The minimum atomic E-state index is -0.197. The van der Waals surface area contributed by atoms with Crippen molar-refractivity contribution < 1.29 is 29.2 Å². The summed E-state index contributed by atoms with van der Waals surface area (Å²) in [6.07, 6.45) is 3.27. The van der Waals surface area contributed by atoms with Crippen LogP contribution in [0.4, 0.5) is 0 Å². The SMILES string of the molecule is CCCOc1c2cc(C(C)(C)C)cc1Cc1cc(OCc3ccccc3)cc(c1O)Cc1cc(C(C)(C)C)cc(c1OCCC)Cc1cc(OCc3ccccc3)cc(c1O)C2. The summed E-state index contributed by atoms with van der Waals surface area (Å²) < 4.78 is 26.5. The molecule has 0 atom stereocenters. The molecule has 6 nitrogen and oxygen atoms in total. The molecule has 0 saturated carbocycles. The predicted molar refractivity (Wildman–Crippen MR) is 251 cm³/mol. The van der Waals surface area contributed by atoms with Gasteiger partial charge >= 0.3 is 0 Å². The molecule has 1 aliphatic carbocycles. The second-order valence-electron chi connectivity index (χ2n) is 18.9. The van der Waals surface area contributed by atoms with E-state index in [0.29, 0.717) is 63.6 Å². The molecule has 6 heteroatoms. The summed E-state index contributed by atoms with van der Waals surface area (Å²) in [5, 5.41) is 24.9. The smallest absolute Gasteiger partial charge is 0.126 e. The van der Waals surface area contributed by atoms with Crippen molar-refractivity contribution in [2.24, 2.45) is 0 Å². The fourth-order valence-electron chi connectivity index (χ4n) is 8.14. The highest BCUT2D eigenvalue weighted by Gasteiger charge is 2.27. The fraction of sp³-hybridized carbons (Fsp3) is 0.357. The van der Waals surface area contributed by atoms with Crippen LogP contribution in [0, 0.1) is 0 Å². The summed E-state index contributed by atoms with van der Waals surface area (Å²) in [4.78, 5) is 0. The Morgan fingerprint density at radius 1 is 0.419 bits per heavy atom. The Bertz CT molecular complexity index is 2200. The van der Waals surface area contributed by atoms with Crippen LogP contribution in [-0.4, -0.2) is 23.4 Å². The van der Waals surface area contributed by atoms with Crippen molar-refractivity contribution in [1.29, 1.82) is 0 Å². The Labute approximate surface area is 369 Å². The lowest BCUT2D eigenvalue weighted by molar-refractivity contribution is 0.303. The largest absolute Gasteiger partial charge is 0.507 e. The minimum Gasteiger partial charge on any atom is -0.507 e. The van der Waals surface area contributed by atoms with E-state index in [1.165, 1.54) is 0 Å². The highest BCUT2D eigenvalue weighted by molar-refractivity contribution is 5.60. The number of hydrogen-bond acceptors (Lipinski definition) is 6. The molecule has 0 radical (unpaired) electrons. The lowest BCUT2D eigenvalue weighted by Crippen LogP contribution is -2.15. The molecular formula is C56H64O6. The third-order valence-corrected chi connectivity index (χ3v) is 11.6. The molecule has 0 unspecified atom stereocenters. The zero-order chi connectivity index (χ0) is 44.0. The van der Waals surface area contributed by atoms with Gasteiger partial charge < -0.3 is 29.2 Å². The predicted octanol–water partition coefficient (Wildman–Crippen LogP) is 13.1. The molecule has 0 fully saturated rings. The second kappa shape index (κ2) is 19.0. The molecule has 0 amide bonds. The van der Waals surface area contributed by atoms with E-state index in [1.54, 1.807) is 0 Å². The van der Waals surface area contributed by atoms with Crippen LogP contribution in [0.15, 0.2) is 109 Å². The van der Waals surface area contributed by atoms with E-state index < -0.39 is 0 Å². The molecule has 0 spiro atoms. The molecule has 2 N–H and O–H groups in total. The Morgan fingerprint density at radius 3 is 1.00 bits per heavy atom. The standard InChI is InChI=1S/C56H64O6/c1-9-21-59-53-43-23-39-31-49(61-35-37-17-13-11-14-18-37)33-41(51(39)57)25-45-29-48(56(6,7)8)30-46(54(45)60-22-10-2)26-42-34-50(62-36-38-19-15-12-16-20-38)32-40(52(42)58)24-44(53)28-47(27-43)55(3,4)5/h11-20,27-34,57-58H,9-10,21-26,35-36H2,1-8H3. The van der Waals surface area contributed by atoms with Crippen molar-refractivity contribution in [3.63, 3.8) is 0 Å². The summed E-state index contributed by atoms with van der Waals surface area (Å²) in [6, 6.07) is 37.2. The van der Waals surface area contributed by atoms with Crippen molar-refractivity contribution in [3.05, 3.63) is 176 Å². The molecule has 62 heavy (non-hydrogen) atoms. The summed E-state index contributed by atoms with van der Waals surface area (Å²) in [7, 11) is 0. The number of benzene rings is 6. The van der Waals surface area contributed by atoms with Gasteiger partial charge in [-0.1, -0.05) is 140 Å². The maximum absolute atomic E-state index is 12.4. The average Bonchev–Trinajstić information content (AvgIpc) is 3.24. The van der Waals surface area contributed by atoms with E-state index in [1.807, 2.05) is 60.7 Å². The van der Waals surface area contributed by atoms with E-state index in [0.717, 1.165) is 91.1 Å².